The van der Waals surface area contributed by atoms with E-state index < -0.39 is 5.97 Å². The molecule has 1 fully saturated rings. The molecule has 0 N–H and O–H groups in total. The molecule has 0 aliphatic carbocycles. The van der Waals surface area contributed by atoms with E-state index in [1.165, 1.54) is 7.11 Å². The van der Waals surface area contributed by atoms with Crippen LogP contribution in [-0.2, 0) is 19.0 Å². The van der Waals surface area contributed by atoms with E-state index in [4.69, 9.17) is 9.47 Å². The van der Waals surface area contributed by atoms with Gasteiger partial charge in [0.25, 0.3) is 0 Å². The third-order valence-electron chi connectivity index (χ3n) is 2.06. The molecule has 0 saturated carbocycles. The van der Waals surface area contributed by atoms with Gasteiger partial charge in [0.15, 0.2) is 6.29 Å². The van der Waals surface area contributed by atoms with Crippen molar-refractivity contribution in [1.82, 2.24) is 0 Å². The monoisotopic (exact) mass is 212 g/mol. The van der Waals surface area contributed by atoms with Gasteiger partial charge in [-0.15, -0.1) is 0 Å². The molecule has 0 spiro atoms. The SMILES string of the molecule is COC(=O)C#CC(C)OC1CCCCO1. The van der Waals surface area contributed by atoms with E-state index in [0.29, 0.717) is 0 Å². The van der Waals surface area contributed by atoms with E-state index in [2.05, 4.69) is 16.6 Å². The van der Waals surface area contributed by atoms with E-state index in [1.54, 1.807) is 6.92 Å². The third-order valence-corrected chi connectivity index (χ3v) is 2.06. The molecule has 0 amide bonds. The lowest BCUT2D eigenvalue weighted by Gasteiger charge is -2.23. The van der Waals surface area contributed by atoms with Crippen LogP contribution < -0.4 is 0 Å². The van der Waals surface area contributed by atoms with E-state index in [0.717, 1.165) is 25.9 Å². The first kappa shape index (κ1) is 12.0. The summed E-state index contributed by atoms with van der Waals surface area (Å²) in [5, 5.41) is 0. The Kier molecular flexibility index (Phi) is 5.16. The fourth-order valence-electron chi connectivity index (χ4n) is 1.29. The summed E-state index contributed by atoms with van der Waals surface area (Å²) in [6.45, 7) is 2.52. The Hall–Kier alpha value is -1.05. The molecule has 15 heavy (non-hydrogen) atoms. The maximum atomic E-state index is 10.7. The molecule has 1 aliphatic rings. The number of esters is 1. The van der Waals surface area contributed by atoms with Gasteiger partial charge in [0.05, 0.1) is 7.11 Å². The average molecular weight is 212 g/mol. The van der Waals surface area contributed by atoms with Crippen LogP contribution >= 0.6 is 0 Å². The Morgan fingerprint density at radius 3 is 2.93 bits per heavy atom. The molecule has 4 nitrogen and oxygen atoms in total. The van der Waals surface area contributed by atoms with Crippen molar-refractivity contribution in [2.75, 3.05) is 13.7 Å². The largest absolute Gasteiger partial charge is 0.459 e. The lowest BCUT2D eigenvalue weighted by Crippen LogP contribution is -2.25. The van der Waals surface area contributed by atoms with Gasteiger partial charge in [-0.3, -0.25) is 0 Å². The molecule has 0 aromatic heterocycles. The van der Waals surface area contributed by atoms with Crippen LogP contribution in [0.1, 0.15) is 26.2 Å². The first-order valence-corrected chi connectivity index (χ1v) is 5.09. The van der Waals surface area contributed by atoms with Crippen molar-refractivity contribution in [3.05, 3.63) is 0 Å². The van der Waals surface area contributed by atoms with Gasteiger partial charge in [-0.1, -0.05) is 5.92 Å². The fourth-order valence-corrected chi connectivity index (χ4v) is 1.29. The third kappa shape index (κ3) is 4.82. The molecular weight excluding hydrogens is 196 g/mol. The van der Waals surface area contributed by atoms with E-state index in [1.807, 2.05) is 0 Å². The number of carbonyl (C=O) groups is 1. The topological polar surface area (TPSA) is 44.8 Å². The lowest BCUT2D eigenvalue weighted by molar-refractivity contribution is -0.173. The van der Waals surface area contributed by atoms with E-state index >= 15 is 0 Å². The van der Waals surface area contributed by atoms with Crippen molar-refractivity contribution in [3.8, 4) is 11.8 Å². The van der Waals surface area contributed by atoms with Gasteiger partial charge in [-0.25, -0.2) is 4.79 Å². The molecule has 1 rings (SSSR count). The van der Waals surface area contributed by atoms with Crippen molar-refractivity contribution in [1.29, 1.82) is 0 Å². The second-order valence-electron chi connectivity index (χ2n) is 3.34. The van der Waals surface area contributed by atoms with Gasteiger partial charge >= 0.3 is 5.97 Å². The predicted octanol–water partition coefficient (Wildman–Crippen LogP) is 1.09. The summed E-state index contributed by atoms with van der Waals surface area (Å²) in [6.07, 6.45) is 2.60. The summed E-state index contributed by atoms with van der Waals surface area (Å²) in [4.78, 5) is 10.7. The molecule has 1 saturated heterocycles. The highest BCUT2D eigenvalue weighted by molar-refractivity contribution is 5.88. The van der Waals surface area contributed by atoms with Gasteiger partial charge < -0.3 is 14.2 Å². The summed E-state index contributed by atoms with van der Waals surface area (Å²) < 4.78 is 15.2. The molecule has 0 aromatic rings. The van der Waals surface area contributed by atoms with Gasteiger partial charge in [0, 0.05) is 12.5 Å². The predicted molar refractivity (Wildman–Crippen MR) is 53.9 cm³/mol. The minimum atomic E-state index is -0.546. The van der Waals surface area contributed by atoms with Crippen LogP contribution in [0.5, 0.6) is 0 Å². The zero-order chi connectivity index (χ0) is 11.1. The first-order chi connectivity index (χ1) is 7.22. The van der Waals surface area contributed by atoms with Crippen molar-refractivity contribution >= 4 is 5.97 Å². The summed E-state index contributed by atoms with van der Waals surface area (Å²) in [5.74, 6) is 4.44. The van der Waals surface area contributed by atoms with Crippen molar-refractivity contribution in [2.24, 2.45) is 0 Å². The minimum Gasteiger partial charge on any atom is -0.459 e. The highest BCUT2D eigenvalue weighted by atomic mass is 16.7. The zero-order valence-electron chi connectivity index (χ0n) is 9.12. The Morgan fingerprint density at radius 1 is 1.53 bits per heavy atom. The number of rotatable bonds is 2. The molecule has 0 aromatic carbocycles. The van der Waals surface area contributed by atoms with Crippen molar-refractivity contribution in [3.63, 3.8) is 0 Å². The quantitative estimate of drug-likeness (QED) is 0.390. The molecule has 0 radical (unpaired) electrons. The molecule has 0 bridgehead atoms. The van der Waals surface area contributed by atoms with Gasteiger partial charge in [0.1, 0.15) is 6.10 Å². The van der Waals surface area contributed by atoms with Crippen molar-refractivity contribution < 1.29 is 19.0 Å². The maximum Gasteiger partial charge on any atom is 0.384 e. The molecule has 4 heteroatoms. The molecule has 2 unspecified atom stereocenters. The lowest BCUT2D eigenvalue weighted by atomic mass is 10.2. The van der Waals surface area contributed by atoms with Crippen LogP contribution in [0, 0.1) is 11.8 Å². The first-order valence-electron chi connectivity index (χ1n) is 5.09. The number of ether oxygens (including phenoxy) is 3. The number of carbonyl (C=O) groups excluding carboxylic acids is 1. The highest BCUT2D eigenvalue weighted by Crippen LogP contribution is 2.14. The van der Waals surface area contributed by atoms with Crippen LogP contribution in [0.2, 0.25) is 0 Å². The van der Waals surface area contributed by atoms with Crippen LogP contribution in [0.15, 0.2) is 0 Å². The molecular formula is C11H16O4. The standard InChI is InChI=1S/C11H16O4/c1-9(6-7-10(12)13-2)15-11-5-3-4-8-14-11/h9,11H,3-5,8H2,1-2H3. The second-order valence-corrected chi connectivity index (χ2v) is 3.34. The maximum absolute atomic E-state index is 10.7. The van der Waals surface area contributed by atoms with Crippen LogP contribution in [0.3, 0.4) is 0 Å². The molecule has 84 valence electrons. The van der Waals surface area contributed by atoms with E-state index in [-0.39, 0.29) is 12.4 Å². The Balaban J connectivity index is 2.29. The minimum absolute atomic E-state index is 0.180. The highest BCUT2D eigenvalue weighted by Gasteiger charge is 2.15. The molecule has 1 aliphatic heterocycles. The van der Waals surface area contributed by atoms with Gasteiger partial charge in [-0.2, -0.15) is 0 Å². The van der Waals surface area contributed by atoms with Crippen LogP contribution in [0.4, 0.5) is 0 Å². The van der Waals surface area contributed by atoms with Gasteiger partial charge in [0.2, 0.25) is 0 Å². The second kappa shape index (κ2) is 6.44. The molecule has 1 heterocycles. The van der Waals surface area contributed by atoms with E-state index in [9.17, 15) is 4.79 Å². The number of hydrogen-bond donors (Lipinski definition) is 0. The summed E-state index contributed by atoms with van der Waals surface area (Å²) in [6, 6.07) is 0. The summed E-state index contributed by atoms with van der Waals surface area (Å²) in [5.41, 5.74) is 0. The smallest absolute Gasteiger partial charge is 0.384 e. The van der Waals surface area contributed by atoms with Gasteiger partial charge in [-0.05, 0) is 26.2 Å². The Morgan fingerprint density at radius 2 is 2.33 bits per heavy atom. The average Bonchev–Trinajstić information content (AvgIpc) is 2.27. The molecule has 2 atom stereocenters. The fraction of sp³-hybridized carbons (Fsp3) is 0.727. The van der Waals surface area contributed by atoms with Crippen molar-refractivity contribution in [2.45, 2.75) is 38.6 Å². The Labute approximate surface area is 89.9 Å². The normalized spacial score (nSPS) is 22.4. The number of hydrogen-bond acceptors (Lipinski definition) is 4. The number of methoxy groups -OCH3 is 1. The Bertz CT molecular complexity index is 257. The van der Waals surface area contributed by atoms with Crippen LogP contribution in [-0.4, -0.2) is 32.1 Å². The zero-order valence-corrected chi connectivity index (χ0v) is 9.12. The summed E-state index contributed by atoms with van der Waals surface area (Å²) in [7, 11) is 1.30. The van der Waals surface area contributed by atoms with Crippen LogP contribution in [0.25, 0.3) is 0 Å². The summed E-state index contributed by atoms with van der Waals surface area (Å²) >= 11 is 0.